The monoisotopic (exact) mass is 222 g/mol. The molecule has 5 nitrogen and oxygen atoms in total. The van der Waals surface area contributed by atoms with Gasteiger partial charge in [-0.15, -0.1) is 0 Å². The first-order valence-electron chi connectivity index (χ1n) is 5.66. The van der Waals surface area contributed by atoms with Crippen LogP contribution in [-0.4, -0.2) is 34.7 Å². The van der Waals surface area contributed by atoms with Gasteiger partial charge in [0.05, 0.1) is 6.04 Å². The second-order valence-corrected chi connectivity index (χ2v) is 4.55. The Morgan fingerprint density at radius 1 is 1.50 bits per heavy atom. The average Bonchev–Trinajstić information content (AvgIpc) is 2.84. The lowest BCUT2D eigenvalue weighted by Gasteiger charge is -2.09. The number of carbonyl (C=O) groups excluding carboxylic acids is 1. The Balaban J connectivity index is 2.24. The Morgan fingerprint density at radius 3 is 2.69 bits per heavy atom. The Bertz CT molecular complexity index is 391. The van der Waals surface area contributed by atoms with Crippen LogP contribution < -0.4 is 5.73 Å². The normalized spacial score (nSPS) is 16.6. The number of hydrogen-bond acceptors (Lipinski definition) is 3. The highest BCUT2D eigenvalue weighted by Crippen LogP contribution is 2.29. The van der Waals surface area contributed by atoms with Crippen molar-refractivity contribution in [1.29, 1.82) is 0 Å². The van der Waals surface area contributed by atoms with Gasteiger partial charge in [-0.3, -0.25) is 9.48 Å². The van der Waals surface area contributed by atoms with Crippen molar-refractivity contribution in [2.24, 2.45) is 0 Å². The van der Waals surface area contributed by atoms with Crippen molar-refractivity contribution in [2.75, 3.05) is 19.8 Å². The van der Waals surface area contributed by atoms with Gasteiger partial charge in [-0.25, -0.2) is 0 Å². The van der Waals surface area contributed by atoms with Crippen molar-refractivity contribution in [3.63, 3.8) is 0 Å². The lowest BCUT2D eigenvalue weighted by molar-refractivity contribution is 0.0828. The number of nitrogen functional groups attached to an aromatic ring is 1. The third kappa shape index (κ3) is 1.89. The second-order valence-electron chi connectivity index (χ2n) is 4.55. The quantitative estimate of drug-likeness (QED) is 0.819. The highest BCUT2D eigenvalue weighted by molar-refractivity contribution is 5.97. The van der Waals surface area contributed by atoms with Crippen LogP contribution >= 0.6 is 0 Å². The molecule has 1 aliphatic rings. The highest BCUT2D eigenvalue weighted by Gasteiger charge is 2.22. The van der Waals surface area contributed by atoms with E-state index in [1.807, 2.05) is 4.68 Å². The summed E-state index contributed by atoms with van der Waals surface area (Å²) in [4.78, 5) is 13.3. The number of amides is 1. The molecule has 1 aliphatic carbocycles. The molecule has 16 heavy (non-hydrogen) atoms. The molecule has 0 unspecified atom stereocenters. The molecule has 1 heterocycles. The van der Waals surface area contributed by atoms with Crippen LogP contribution in [0.1, 0.15) is 42.1 Å². The van der Waals surface area contributed by atoms with Crippen LogP contribution in [0.15, 0.2) is 6.20 Å². The standard InChI is InChI=1S/C11H18N4O/c1-14(2)11(16)9-7-15(13-10(9)12)8-5-3-4-6-8/h7-8H,3-6H2,1-2H3,(H2,12,13). The van der Waals surface area contributed by atoms with E-state index in [9.17, 15) is 4.79 Å². The summed E-state index contributed by atoms with van der Waals surface area (Å²) in [5.74, 6) is 0.257. The summed E-state index contributed by atoms with van der Waals surface area (Å²) in [6.45, 7) is 0. The van der Waals surface area contributed by atoms with Gasteiger partial charge >= 0.3 is 0 Å². The molecule has 5 heteroatoms. The summed E-state index contributed by atoms with van der Waals surface area (Å²) < 4.78 is 1.86. The van der Waals surface area contributed by atoms with Gasteiger partial charge in [0.15, 0.2) is 5.82 Å². The zero-order valence-electron chi connectivity index (χ0n) is 9.81. The molecular weight excluding hydrogens is 204 g/mol. The first kappa shape index (κ1) is 11.0. The van der Waals surface area contributed by atoms with Gasteiger partial charge in [-0.2, -0.15) is 5.10 Å². The van der Waals surface area contributed by atoms with Crippen LogP contribution in [0.2, 0.25) is 0 Å². The summed E-state index contributed by atoms with van der Waals surface area (Å²) in [7, 11) is 3.43. The molecule has 2 N–H and O–H groups in total. The molecule has 0 saturated heterocycles. The first-order chi connectivity index (χ1) is 7.59. The Kier molecular flexibility index (Phi) is 2.85. The molecule has 0 spiro atoms. The molecule has 0 aliphatic heterocycles. The van der Waals surface area contributed by atoms with E-state index in [0.717, 1.165) is 12.8 Å². The predicted molar refractivity (Wildman–Crippen MR) is 62.2 cm³/mol. The number of nitrogens with two attached hydrogens (primary N) is 1. The maximum Gasteiger partial charge on any atom is 0.258 e. The minimum atomic E-state index is -0.0817. The lowest BCUT2D eigenvalue weighted by Crippen LogP contribution is -2.22. The van der Waals surface area contributed by atoms with Crippen LogP contribution in [0.4, 0.5) is 5.82 Å². The van der Waals surface area contributed by atoms with Crippen LogP contribution in [-0.2, 0) is 0 Å². The van der Waals surface area contributed by atoms with Crippen LogP contribution in [0.25, 0.3) is 0 Å². The number of rotatable bonds is 2. The van der Waals surface area contributed by atoms with E-state index >= 15 is 0 Å². The highest BCUT2D eigenvalue weighted by atomic mass is 16.2. The Morgan fingerprint density at radius 2 is 2.12 bits per heavy atom. The summed E-state index contributed by atoms with van der Waals surface area (Å²) in [5, 5.41) is 4.24. The third-order valence-corrected chi connectivity index (χ3v) is 3.10. The van der Waals surface area contributed by atoms with E-state index < -0.39 is 0 Å². The number of carbonyl (C=O) groups is 1. The van der Waals surface area contributed by atoms with Crippen LogP contribution in [0.5, 0.6) is 0 Å². The summed E-state index contributed by atoms with van der Waals surface area (Å²) in [6, 6.07) is 0.422. The Labute approximate surface area is 95.2 Å². The van der Waals surface area contributed by atoms with Gasteiger partial charge < -0.3 is 10.6 Å². The fraction of sp³-hybridized carbons (Fsp3) is 0.636. The van der Waals surface area contributed by atoms with E-state index in [2.05, 4.69) is 5.10 Å². The molecule has 1 fully saturated rings. The van der Waals surface area contributed by atoms with Gasteiger partial charge in [-0.1, -0.05) is 12.8 Å². The van der Waals surface area contributed by atoms with Gasteiger partial charge in [0.1, 0.15) is 5.56 Å². The topological polar surface area (TPSA) is 64.2 Å². The minimum absolute atomic E-state index is 0.0817. The summed E-state index contributed by atoms with van der Waals surface area (Å²) in [5.41, 5.74) is 6.28. The van der Waals surface area contributed by atoms with E-state index in [-0.39, 0.29) is 5.91 Å². The zero-order valence-corrected chi connectivity index (χ0v) is 9.81. The lowest BCUT2D eigenvalue weighted by atomic mass is 10.2. The predicted octanol–water partition coefficient (Wildman–Crippen LogP) is 1.28. The summed E-state index contributed by atoms with van der Waals surface area (Å²) in [6.07, 6.45) is 6.53. The van der Waals surface area contributed by atoms with Crippen molar-refractivity contribution in [3.05, 3.63) is 11.8 Å². The third-order valence-electron chi connectivity index (χ3n) is 3.10. The average molecular weight is 222 g/mol. The molecule has 88 valence electrons. The SMILES string of the molecule is CN(C)C(=O)c1cn(C2CCCC2)nc1N. The maximum atomic E-state index is 11.8. The van der Waals surface area contributed by atoms with E-state index in [1.54, 1.807) is 20.3 Å². The minimum Gasteiger partial charge on any atom is -0.382 e. The first-order valence-corrected chi connectivity index (χ1v) is 5.66. The van der Waals surface area contributed by atoms with Crippen molar-refractivity contribution in [1.82, 2.24) is 14.7 Å². The number of nitrogens with zero attached hydrogens (tertiary/aromatic N) is 3. The number of anilines is 1. The Hall–Kier alpha value is -1.52. The second kappa shape index (κ2) is 4.15. The maximum absolute atomic E-state index is 11.8. The van der Waals surface area contributed by atoms with Crippen molar-refractivity contribution in [2.45, 2.75) is 31.7 Å². The molecule has 1 aromatic rings. The number of hydrogen-bond donors (Lipinski definition) is 1. The fourth-order valence-electron chi connectivity index (χ4n) is 2.17. The molecule has 1 saturated carbocycles. The molecule has 1 aromatic heterocycles. The molecule has 0 bridgehead atoms. The smallest absolute Gasteiger partial charge is 0.258 e. The van der Waals surface area contributed by atoms with Gasteiger partial charge in [-0.05, 0) is 12.8 Å². The van der Waals surface area contributed by atoms with Gasteiger partial charge in [0.2, 0.25) is 0 Å². The molecule has 0 radical (unpaired) electrons. The van der Waals surface area contributed by atoms with Crippen LogP contribution in [0, 0.1) is 0 Å². The molecule has 2 rings (SSSR count). The van der Waals surface area contributed by atoms with Crippen molar-refractivity contribution < 1.29 is 4.79 Å². The zero-order chi connectivity index (χ0) is 11.7. The summed E-state index contributed by atoms with van der Waals surface area (Å²) >= 11 is 0. The van der Waals surface area contributed by atoms with E-state index in [4.69, 9.17) is 5.73 Å². The van der Waals surface area contributed by atoms with Gasteiger partial charge in [0.25, 0.3) is 5.91 Å². The van der Waals surface area contributed by atoms with E-state index in [0.29, 0.717) is 17.4 Å². The van der Waals surface area contributed by atoms with Crippen molar-refractivity contribution >= 4 is 11.7 Å². The molecule has 1 amide bonds. The van der Waals surface area contributed by atoms with Gasteiger partial charge in [0, 0.05) is 20.3 Å². The molecule has 0 aromatic carbocycles. The fourth-order valence-corrected chi connectivity index (χ4v) is 2.17. The largest absolute Gasteiger partial charge is 0.382 e. The molecular formula is C11H18N4O. The molecule has 0 atom stereocenters. The van der Waals surface area contributed by atoms with Crippen LogP contribution in [0.3, 0.4) is 0 Å². The number of aromatic nitrogens is 2. The van der Waals surface area contributed by atoms with Crippen molar-refractivity contribution in [3.8, 4) is 0 Å². The van der Waals surface area contributed by atoms with E-state index in [1.165, 1.54) is 17.7 Å².